The maximum Gasteiger partial charge on any atom is 0.0180 e. The summed E-state index contributed by atoms with van der Waals surface area (Å²) >= 11 is 0. The van der Waals surface area contributed by atoms with Gasteiger partial charge in [0.1, 0.15) is 0 Å². The molecule has 2 unspecified atom stereocenters. The van der Waals surface area contributed by atoms with Gasteiger partial charge in [-0.05, 0) is 37.5 Å². The van der Waals surface area contributed by atoms with Gasteiger partial charge in [0.2, 0.25) is 0 Å². The van der Waals surface area contributed by atoms with E-state index in [0.717, 1.165) is 24.4 Å². The number of rotatable bonds is 1. The van der Waals surface area contributed by atoms with Crippen LogP contribution in [-0.2, 0) is 0 Å². The molecular weight excluding hydrogens is 172 g/mol. The molecular formula is C12H24N2. The third-order valence-corrected chi connectivity index (χ3v) is 3.93. The van der Waals surface area contributed by atoms with E-state index in [2.05, 4.69) is 18.7 Å². The van der Waals surface area contributed by atoms with Gasteiger partial charge in [0.25, 0.3) is 0 Å². The smallest absolute Gasteiger partial charge is 0.0180 e. The molecule has 0 aromatic rings. The molecule has 0 aromatic heterocycles. The van der Waals surface area contributed by atoms with E-state index in [0.29, 0.717) is 6.04 Å². The predicted octanol–water partition coefficient (Wildman–Crippen LogP) is 1.84. The van der Waals surface area contributed by atoms with Gasteiger partial charge in [-0.3, -0.25) is 4.90 Å². The number of hydrogen-bond donors (Lipinski definition) is 1. The minimum atomic E-state index is 0.447. The molecule has 0 amide bonds. The molecule has 2 rings (SSSR count). The topological polar surface area (TPSA) is 29.3 Å². The van der Waals surface area contributed by atoms with Crippen molar-refractivity contribution in [2.45, 2.75) is 51.6 Å². The maximum atomic E-state index is 5.96. The van der Waals surface area contributed by atoms with Crippen molar-refractivity contribution in [1.29, 1.82) is 0 Å². The Labute approximate surface area is 87.8 Å². The lowest BCUT2D eigenvalue weighted by Gasteiger charge is -2.37. The monoisotopic (exact) mass is 196 g/mol. The molecule has 14 heavy (non-hydrogen) atoms. The van der Waals surface area contributed by atoms with E-state index in [1.807, 2.05) is 0 Å². The average Bonchev–Trinajstić information content (AvgIpc) is 2.50. The zero-order chi connectivity index (χ0) is 10.1. The van der Waals surface area contributed by atoms with Gasteiger partial charge in [0.15, 0.2) is 0 Å². The first-order chi connectivity index (χ1) is 6.65. The number of likely N-dealkylation sites (tertiary alicyclic amines) is 1. The Balaban J connectivity index is 1.90. The van der Waals surface area contributed by atoms with E-state index >= 15 is 0 Å². The van der Waals surface area contributed by atoms with Crippen LogP contribution in [0.3, 0.4) is 0 Å². The van der Waals surface area contributed by atoms with Crippen LogP contribution in [0, 0.1) is 11.8 Å². The number of nitrogens with two attached hydrogens (primary N) is 1. The summed E-state index contributed by atoms with van der Waals surface area (Å²) in [5, 5.41) is 0. The quantitative estimate of drug-likeness (QED) is 0.693. The highest BCUT2D eigenvalue weighted by atomic mass is 15.2. The summed E-state index contributed by atoms with van der Waals surface area (Å²) < 4.78 is 0. The summed E-state index contributed by atoms with van der Waals surface area (Å²) in [5.41, 5.74) is 5.96. The molecule has 0 aromatic carbocycles. The summed E-state index contributed by atoms with van der Waals surface area (Å²) in [7, 11) is 0. The van der Waals surface area contributed by atoms with Crippen molar-refractivity contribution in [3.8, 4) is 0 Å². The number of nitrogens with zero attached hydrogens (tertiary/aromatic N) is 1. The molecule has 3 atom stereocenters. The van der Waals surface area contributed by atoms with Crippen molar-refractivity contribution in [3.05, 3.63) is 0 Å². The van der Waals surface area contributed by atoms with Crippen LogP contribution in [0.5, 0.6) is 0 Å². The van der Waals surface area contributed by atoms with Crippen molar-refractivity contribution >= 4 is 0 Å². The van der Waals surface area contributed by atoms with Crippen LogP contribution in [-0.4, -0.2) is 30.1 Å². The van der Waals surface area contributed by atoms with Crippen molar-refractivity contribution in [1.82, 2.24) is 4.90 Å². The molecule has 0 radical (unpaired) electrons. The second-order valence-corrected chi connectivity index (χ2v) is 5.61. The Morgan fingerprint density at radius 1 is 1.07 bits per heavy atom. The summed E-state index contributed by atoms with van der Waals surface area (Å²) in [6, 6.07) is 1.28. The molecule has 1 aliphatic heterocycles. The van der Waals surface area contributed by atoms with Gasteiger partial charge in [0, 0.05) is 25.2 Å². The Morgan fingerprint density at radius 2 is 1.71 bits per heavy atom. The summed E-state index contributed by atoms with van der Waals surface area (Å²) in [5.74, 6) is 1.83. The standard InChI is InChI=1S/C12H24N2/c1-9-5-10(2)7-12(6-9)14-4-3-11(13)8-14/h9-12H,3-8,13H2,1-2H3/t9?,10?,11-,12?/m1/s1. The Bertz CT molecular complexity index is 183. The van der Waals surface area contributed by atoms with Crippen LogP contribution in [0.2, 0.25) is 0 Å². The van der Waals surface area contributed by atoms with Gasteiger partial charge >= 0.3 is 0 Å². The Hall–Kier alpha value is -0.0800. The van der Waals surface area contributed by atoms with Gasteiger partial charge in [0.05, 0.1) is 0 Å². The largest absolute Gasteiger partial charge is 0.326 e. The first kappa shape index (κ1) is 10.4. The fourth-order valence-corrected chi connectivity index (χ4v) is 3.35. The van der Waals surface area contributed by atoms with Crippen LogP contribution >= 0.6 is 0 Å². The van der Waals surface area contributed by atoms with Crippen LogP contribution in [0.1, 0.15) is 39.5 Å². The maximum absolute atomic E-state index is 5.96. The normalized spacial score (nSPS) is 45.6. The lowest BCUT2D eigenvalue weighted by Crippen LogP contribution is -2.40. The van der Waals surface area contributed by atoms with E-state index in [-0.39, 0.29) is 0 Å². The highest BCUT2D eigenvalue weighted by Crippen LogP contribution is 2.32. The lowest BCUT2D eigenvalue weighted by atomic mass is 9.80. The van der Waals surface area contributed by atoms with E-state index in [9.17, 15) is 0 Å². The number of hydrogen-bond acceptors (Lipinski definition) is 2. The lowest BCUT2D eigenvalue weighted by molar-refractivity contribution is 0.131. The first-order valence-corrected chi connectivity index (χ1v) is 6.14. The molecule has 2 aliphatic rings. The van der Waals surface area contributed by atoms with E-state index in [1.54, 1.807) is 0 Å². The second-order valence-electron chi connectivity index (χ2n) is 5.61. The fourth-order valence-electron chi connectivity index (χ4n) is 3.35. The van der Waals surface area contributed by atoms with Crippen LogP contribution in [0.25, 0.3) is 0 Å². The molecule has 2 N–H and O–H groups in total. The molecule has 2 nitrogen and oxygen atoms in total. The van der Waals surface area contributed by atoms with E-state index < -0.39 is 0 Å². The highest BCUT2D eigenvalue weighted by molar-refractivity contribution is 4.87. The third kappa shape index (κ3) is 2.29. The van der Waals surface area contributed by atoms with Crippen LogP contribution in [0.4, 0.5) is 0 Å². The summed E-state index contributed by atoms with van der Waals surface area (Å²) in [4.78, 5) is 2.64. The van der Waals surface area contributed by atoms with Gasteiger partial charge in [-0.2, -0.15) is 0 Å². The van der Waals surface area contributed by atoms with Gasteiger partial charge in [-0.15, -0.1) is 0 Å². The minimum absolute atomic E-state index is 0.447. The van der Waals surface area contributed by atoms with Gasteiger partial charge in [-0.25, -0.2) is 0 Å². The fraction of sp³-hybridized carbons (Fsp3) is 1.00. The molecule has 2 heteroatoms. The Kier molecular flexibility index (Phi) is 3.13. The highest BCUT2D eigenvalue weighted by Gasteiger charge is 2.31. The van der Waals surface area contributed by atoms with Crippen molar-refractivity contribution in [3.63, 3.8) is 0 Å². The van der Waals surface area contributed by atoms with Crippen molar-refractivity contribution < 1.29 is 0 Å². The second kappa shape index (κ2) is 4.19. The Morgan fingerprint density at radius 3 is 2.21 bits per heavy atom. The van der Waals surface area contributed by atoms with Crippen molar-refractivity contribution in [2.24, 2.45) is 17.6 Å². The molecule has 1 saturated heterocycles. The van der Waals surface area contributed by atoms with Crippen molar-refractivity contribution in [2.75, 3.05) is 13.1 Å². The van der Waals surface area contributed by atoms with Gasteiger partial charge in [-0.1, -0.05) is 13.8 Å². The van der Waals surface area contributed by atoms with Crippen LogP contribution in [0.15, 0.2) is 0 Å². The first-order valence-electron chi connectivity index (χ1n) is 6.14. The van der Waals surface area contributed by atoms with Crippen LogP contribution < -0.4 is 5.73 Å². The SMILES string of the molecule is CC1CC(C)CC(N2CC[C@@H](N)C2)C1. The molecule has 1 heterocycles. The molecule has 2 fully saturated rings. The summed E-state index contributed by atoms with van der Waals surface area (Å²) in [6.07, 6.45) is 5.43. The molecule has 0 spiro atoms. The minimum Gasteiger partial charge on any atom is -0.326 e. The average molecular weight is 196 g/mol. The van der Waals surface area contributed by atoms with E-state index in [1.165, 1.54) is 32.2 Å². The predicted molar refractivity (Wildman–Crippen MR) is 60.1 cm³/mol. The van der Waals surface area contributed by atoms with E-state index in [4.69, 9.17) is 5.73 Å². The zero-order valence-corrected chi connectivity index (χ0v) is 9.58. The summed E-state index contributed by atoms with van der Waals surface area (Å²) in [6.45, 7) is 7.19. The molecule has 0 bridgehead atoms. The van der Waals surface area contributed by atoms with Gasteiger partial charge < -0.3 is 5.73 Å². The zero-order valence-electron chi connectivity index (χ0n) is 9.58. The molecule has 1 saturated carbocycles. The third-order valence-electron chi connectivity index (χ3n) is 3.93. The molecule has 82 valence electrons. The molecule has 1 aliphatic carbocycles.